The van der Waals surface area contributed by atoms with Crippen molar-refractivity contribution in [3.05, 3.63) is 17.2 Å². The van der Waals surface area contributed by atoms with Crippen LogP contribution in [-0.2, 0) is 12.8 Å². The molecule has 0 heterocycles. The first-order valence-corrected chi connectivity index (χ1v) is 7.30. The topological polar surface area (TPSA) is 27.7 Å². The molecule has 0 aliphatic heterocycles. The van der Waals surface area contributed by atoms with Gasteiger partial charge in [-0.05, 0) is 33.6 Å². The van der Waals surface area contributed by atoms with Crippen LogP contribution in [0.15, 0.2) is 6.07 Å². The maximum atomic E-state index is 5.86. The summed E-state index contributed by atoms with van der Waals surface area (Å²) in [5, 5.41) is 0. The van der Waals surface area contributed by atoms with Crippen LogP contribution in [0.2, 0.25) is 0 Å². The Labute approximate surface area is 116 Å². The zero-order valence-corrected chi connectivity index (χ0v) is 12.8. The molecule has 0 aliphatic carbocycles. The van der Waals surface area contributed by atoms with Gasteiger partial charge in [-0.1, -0.05) is 13.8 Å². The minimum absolute atomic E-state index is 0.648. The van der Waals surface area contributed by atoms with Crippen LogP contribution in [0.1, 0.15) is 45.7 Å². The Morgan fingerprint density at radius 2 is 1.11 bits per heavy atom. The molecular formula is C16H26O3. The molecule has 0 saturated carbocycles. The van der Waals surface area contributed by atoms with Crippen molar-refractivity contribution in [3.8, 4) is 17.2 Å². The monoisotopic (exact) mass is 266 g/mol. The number of hydrogen-bond donors (Lipinski definition) is 0. The highest BCUT2D eigenvalue weighted by atomic mass is 16.5. The molecule has 1 aromatic rings. The Bertz CT molecular complexity index is 367. The van der Waals surface area contributed by atoms with E-state index in [0.29, 0.717) is 19.8 Å². The molecule has 0 radical (unpaired) electrons. The first-order valence-electron chi connectivity index (χ1n) is 7.30. The summed E-state index contributed by atoms with van der Waals surface area (Å²) in [4.78, 5) is 0. The SMILES string of the molecule is CCOc1cc(OCC)c(CC)c(OCC)c1CC. The Hall–Kier alpha value is -1.38. The predicted molar refractivity (Wildman–Crippen MR) is 78.7 cm³/mol. The van der Waals surface area contributed by atoms with Crippen LogP contribution >= 0.6 is 0 Å². The summed E-state index contributed by atoms with van der Waals surface area (Å²) in [6.45, 7) is 12.2. The number of benzene rings is 1. The molecule has 0 aliphatic rings. The van der Waals surface area contributed by atoms with E-state index in [1.165, 1.54) is 0 Å². The maximum absolute atomic E-state index is 5.86. The first-order chi connectivity index (χ1) is 9.23. The van der Waals surface area contributed by atoms with E-state index in [0.717, 1.165) is 41.2 Å². The van der Waals surface area contributed by atoms with Crippen LogP contribution in [0.3, 0.4) is 0 Å². The van der Waals surface area contributed by atoms with Crippen molar-refractivity contribution in [2.75, 3.05) is 19.8 Å². The second-order valence-electron chi connectivity index (χ2n) is 4.17. The van der Waals surface area contributed by atoms with Crippen molar-refractivity contribution in [1.82, 2.24) is 0 Å². The fourth-order valence-corrected chi connectivity index (χ4v) is 2.26. The van der Waals surface area contributed by atoms with E-state index in [4.69, 9.17) is 14.2 Å². The van der Waals surface area contributed by atoms with Crippen LogP contribution in [0.5, 0.6) is 17.2 Å². The van der Waals surface area contributed by atoms with E-state index in [-0.39, 0.29) is 0 Å². The van der Waals surface area contributed by atoms with Gasteiger partial charge in [0.05, 0.1) is 19.8 Å². The summed E-state index contributed by atoms with van der Waals surface area (Å²) in [7, 11) is 0. The van der Waals surface area contributed by atoms with Crippen molar-refractivity contribution in [2.24, 2.45) is 0 Å². The molecule has 0 atom stereocenters. The van der Waals surface area contributed by atoms with Gasteiger partial charge >= 0.3 is 0 Å². The third kappa shape index (κ3) is 3.55. The fourth-order valence-electron chi connectivity index (χ4n) is 2.26. The molecule has 0 N–H and O–H groups in total. The smallest absolute Gasteiger partial charge is 0.133 e. The van der Waals surface area contributed by atoms with Gasteiger partial charge in [0.25, 0.3) is 0 Å². The zero-order valence-electron chi connectivity index (χ0n) is 12.8. The molecule has 0 fully saturated rings. The molecule has 0 aromatic heterocycles. The van der Waals surface area contributed by atoms with Gasteiger partial charge in [-0.3, -0.25) is 0 Å². The molecule has 0 saturated heterocycles. The fraction of sp³-hybridized carbons (Fsp3) is 0.625. The molecule has 0 unspecified atom stereocenters. The Morgan fingerprint density at radius 3 is 1.42 bits per heavy atom. The Balaban J connectivity index is 3.41. The van der Waals surface area contributed by atoms with Gasteiger partial charge in [-0.25, -0.2) is 0 Å². The molecule has 3 nitrogen and oxygen atoms in total. The molecule has 0 bridgehead atoms. The maximum Gasteiger partial charge on any atom is 0.133 e. The standard InChI is InChI=1S/C16H26O3/c1-6-12-14(17-8-3)11-15(18-9-4)13(7-2)16(12)19-10-5/h11H,6-10H2,1-5H3. The summed E-state index contributed by atoms with van der Waals surface area (Å²) in [5.41, 5.74) is 2.29. The lowest BCUT2D eigenvalue weighted by molar-refractivity contribution is 0.298. The molecule has 1 rings (SSSR count). The highest BCUT2D eigenvalue weighted by Crippen LogP contribution is 2.40. The van der Waals surface area contributed by atoms with Gasteiger partial charge in [-0.15, -0.1) is 0 Å². The summed E-state index contributed by atoms with van der Waals surface area (Å²) < 4.78 is 17.3. The predicted octanol–water partition coefficient (Wildman–Crippen LogP) is 4.01. The van der Waals surface area contributed by atoms with Gasteiger partial charge in [0.1, 0.15) is 17.2 Å². The van der Waals surface area contributed by atoms with Crippen LogP contribution in [0.4, 0.5) is 0 Å². The van der Waals surface area contributed by atoms with E-state index in [2.05, 4.69) is 13.8 Å². The lowest BCUT2D eigenvalue weighted by Crippen LogP contribution is -2.07. The van der Waals surface area contributed by atoms with Crippen LogP contribution in [0.25, 0.3) is 0 Å². The molecule has 0 amide bonds. The lowest BCUT2D eigenvalue weighted by Gasteiger charge is -2.20. The number of hydrogen-bond acceptors (Lipinski definition) is 3. The average molecular weight is 266 g/mol. The van der Waals surface area contributed by atoms with E-state index >= 15 is 0 Å². The molecule has 3 heteroatoms. The van der Waals surface area contributed by atoms with E-state index in [1.54, 1.807) is 0 Å². The normalized spacial score (nSPS) is 10.4. The van der Waals surface area contributed by atoms with Gasteiger partial charge < -0.3 is 14.2 Å². The largest absolute Gasteiger partial charge is 0.493 e. The van der Waals surface area contributed by atoms with Crippen molar-refractivity contribution in [3.63, 3.8) is 0 Å². The van der Waals surface area contributed by atoms with Crippen molar-refractivity contribution in [1.29, 1.82) is 0 Å². The van der Waals surface area contributed by atoms with E-state index in [9.17, 15) is 0 Å². The van der Waals surface area contributed by atoms with Crippen molar-refractivity contribution >= 4 is 0 Å². The first kappa shape index (κ1) is 15.7. The summed E-state index contributed by atoms with van der Waals surface area (Å²) in [6, 6.07) is 2.01. The van der Waals surface area contributed by atoms with Crippen molar-refractivity contribution < 1.29 is 14.2 Å². The third-order valence-electron chi connectivity index (χ3n) is 3.00. The molecule has 19 heavy (non-hydrogen) atoms. The lowest BCUT2D eigenvalue weighted by atomic mass is 10.0. The van der Waals surface area contributed by atoms with Gasteiger partial charge in [0, 0.05) is 17.2 Å². The van der Waals surface area contributed by atoms with Crippen LogP contribution < -0.4 is 14.2 Å². The van der Waals surface area contributed by atoms with Crippen molar-refractivity contribution in [2.45, 2.75) is 47.5 Å². The summed E-state index contributed by atoms with van der Waals surface area (Å²) in [6.07, 6.45) is 1.79. The van der Waals surface area contributed by atoms with E-state index < -0.39 is 0 Å². The van der Waals surface area contributed by atoms with Gasteiger partial charge in [0.15, 0.2) is 0 Å². The zero-order chi connectivity index (χ0) is 14.3. The summed E-state index contributed by atoms with van der Waals surface area (Å²) >= 11 is 0. The van der Waals surface area contributed by atoms with Gasteiger partial charge in [0.2, 0.25) is 0 Å². The van der Waals surface area contributed by atoms with Gasteiger partial charge in [-0.2, -0.15) is 0 Å². The minimum atomic E-state index is 0.648. The highest BCUT2D eigenvalue weighted by molar-refractivity contribution is 5.57. The van der Waals surface area contributed by atoms with E-state index in [1.807, 2.05) is 26.8 Å². The number of ether oxygens (including phenoxy) is 3. The van der Waals surface area contributed by atoms with Crippen LogP contribution in [0, 0.1) is 0 Å². The molecular weight excluding hydrogens is 240 g/mol. The Morgan fingerprint density at radius 1 is 0.684 bits per heavy atom. The highest BCUT2D eigenvalue weighted by Gasteiger charge is 2.19. The average Bonchev–Trinajstić information content (AvgIpc) is 2.40. The summed E-state index contributed by atoms with van der Waals surface area (Å²) in [5.74, 6) is 2.71. The quantitative estimate of drug-likeness (QED) is 0.711. The molecule has 0 spiro atoms. The number of rotatable bonds is 8. The second kappa shape index (κ2) is 7.93. The third-order valence-corrected chi connectivity index (χ3v) is 3.00. The van der Waals surface area contributed by atoms with Crippen LogP contribution in [-0.4, -0.2) is 19.8 Å². The molecule has 1 aromatic carbocycles. The Kier molecular flexibility index (Phi) is 6.54. The minimum Gasteiger partial charge on any atom is -0.493 e. The molecule has 108 valence electrons. The second-order valence-corrected chi connectivity index (χ2v) is 4.17.